The molecule has 0 aromatic heterocycles. The molecule has 0 heterocycles. The van der Waals surface area contributed by atoms with Gasteiger partial charge < -0.3 is 5.11 Å². The zero-order chi connectivity index (χ0) is 14.8. The number of carboxylic acid groups (broad SMARTS) is 1. The Kier molecular flexibility index (Phi) is 3.17. The van der Waals surface area contributed by atoms with Crippen LogP contribution in [-0.2, 0) is 0 Å². The molecule has 3 aromatic rings. The molecule has 0 bridgehead atoms. The molecule has 0 spiro atoms. The second-order valence-corrected chi connectivity index (χ2v) is 4.70. The van der Waals surface area contributed by atoms with Crippen molar-refractivity contribution in [2.24, 2.45) is 0 Å². The zero-order valence-electron chi connectivity index (χ0n) is 11.2. The Morgan fingerprint density at radius 2 is 1.57 bits per heavy atom. The average molecular weight is 272 g/mol. The van der Waals surface area contributed by atoms with Crippen molar-refractivity contribution in [2.45, 2.75) is 0 Å². The van der Waals surface area contributed by atoms with E-state index >= 15 is 0 Å². The first-order valence-electron chi connectivity index (χ1n) is 6.53. The summed E-state index contributed by atoms with van der Waals surface area (Å²) in [4.78, 5) is 11.3. The van der Waals surface area contributed by atoms with Crippen LogP contribution in [0.5, 0.6) is 0 Å². The summed E-state index contributed by atoms with van der Waals surface area (Å²) in [6.07, 6.45) is 5.56. The predicted molar refractivity (Wildman–Crippen MR) is 84.3 cm³/mol. The maximum Gasteiger partial charge on any atom is 0.336 e. The summed E-state index contributed by atoms with van der Waals surface area (Å²) in [5, 5.41) is 11.4. The number of rotatable bonds is 2. The smallest absolute Gasteiger partial charge is 0.336 e. The Hall–Kier alpha value is -3.05. The molecule has 0 fully saturated rings. The van der Waals surface area contributed by atoms with Crippen molar-refractivity contribution in [1.82, 2.24) is 0 Å². The third-order valence-electron chi connectivity index (χ3n) is 3.52. The third-order valence-corrected chi connectivity index (χ3v) is 3.52. The van der Waals surface area contributed by atoms with E-state index in [1.807, 2.05) is 48.5 Å². The molecule has 0 aliphatic carbocycles. The van der Waals surface area contributed by atoms with E-state index in [-0.39, 0.29) is 5.56 Å². The van der Waals surface area contributed by atoms with Crippen LogP contribution < -0.4 is 0 Å². The Morgan fingerprint density at radius 3 is 2.33 bits per heavy atom. The lowest BCUT2D eigenvalue weighted by Crippen LogP contribution is -2.01. The number of terminal acetylenes is 1. The van der Waals surface area contributed by atoms with Gasteiger partial charge in [0.05, 0.1) is 5.56 Å². The van der Waals surface area contributed by atoms with Crippen LogP contribution in [0.1, 0.15) is 15.9 Å². The maximum atomic E-state index is 11.3. The number of hydrogen-bond acceptors (Lipinski definition) is 1. The highest BCUT2D eigenvalue weighted by molar-refractivity contribution is 6.01. The van der Waals surface area contributed by atoms with Gasteiger partial charge in [-0.2, -0.15) is 0 Å². The monoisotopic (exact) mass is 272 g/mol. The lowest BCUT2D eigenvalue weighted by Gasteiger charge is -2.11. The van der Waals surface area contributed by atoms with E-state index in [1.54, 1.807) is 6.07 Å². The number of fused-ring (bicyclic) bond motifs is 1. The summed E-state index contributed by atoms with van der Waals surface area (Å²) in [6.45, 7) is 0. The Bertz CT molecular complexity index is 880. The van der Waals surface area contributed by atoms with Crippen LogP contribution in [0.2, 0.25) is 0 Å². The molecule has 1 N–H and O–H groups in total. The van der Waals surface area contributed by atoms with Crippen LogP contribution in [0.15, 0.2) is 60.7 Å². The van der Waals surface area contributed by atoms with Crippen LogP contribution >= 0.6 is 0 Å². The molecule has 0 aliphatic heterocycles. The van der Waals surface area contributed by atoms with Gasteiger partial charge in [0.15, 0.2) is 0 Å². The standard InChI is InChI=1S/C19H12O2/c1-2-14-16(11-6-12-18(14)19(20)21)17-10-5-8-13-7-3-4-9-15(13)17/h1,3-12H,(H,20,21). The molecule has 0 amide bonds. The Morgan fingerprint density at radius 1 is 0.905 bits per heavy atom. The Labute approximate surface area is 122 Å². The highest BCUT2D eigenvalue weighted by Gasteiger charge is 2.14. The molecular formula is C19H12O2. The van der Waals surface area contributed by atoms with E-state index in [9.17, 15) is 9.90 Å². The van der Waals surface area contributed by atoms with E-state index in [2.05, 4.69) is 5.92 Å². The number of aromatic carboxylic acids is 1. The maximum absolute atomic E-state index is 11.3. The molecule has 2 nitrogen and oxygen atoms in total. The van der Waals surface area contributed by atoms with Gasteiger partial charge in [-0.15, -0.1) is 6.42 Å². The number of carbonyl (C=O) groups is 1. The summed E-state index contributed by atoms with van der Waals surface area (Å²) in [5.74, 6) is 1.52. The highest BCUT2D eigenvalue weighted by Crippen LogP contribution is 2.32. The summed E-state index contributed by atoms with van der Waals surface area (Å²) in [5.41, 5.74) is 2.29. The van der Waals surface area contributed by atoms with E-state index in [4.69, 9.17) is 6.42 Å². The van der Waals surface area contributed by atoms with Crippen LogP contribution in [0.3, 0.4) is 0 Å². The predicted octanol–water partition coefficient (Wildman–Crippen LogP) is 4.19. The largest absolute Gasteiger partial charge is 0.478 e. The molecule has 100 valence electrons. The van der Waals surface area contributed by atoms with Gasteiger partial charge in [-0.05, 0) is 28.0 Å². The molecule has 0 radical (unpaired) electrons. The fraction of sp³-hybridized carbons (Fsp3) is 0. The summed E-state index contributed by atoms with van der Waals surface area (Å²) >= 11 is 0. The van der Waals surface area contributed by atoms with Crippen molar-refractivity contribution in [1.29, 1.82) is 0 Å². The molecule has 3 aromatic carbocycles. The van der Waals surface area contributed by atoms with Gasteiger partial charge in [-0.1, -0.05) is 60.5 Å². The first kappa shape index (κ1) is 13.0. The van der Waals surface area contributed by atoms with Crippen molar-refractivity contribution < 1.29 is 9.90 Å². The van der Waals surface area contributed by atoms with Crippen molar-refractivity contribution in [3.8, 4) is 23.5 Å². The minimum atomic E-state index is -1.01. The first-order valence-corrected chi connectivity index (χ1v) is 6.53. The molecule has 0 saturated heterocycles. The van der Waals surface area contributed by atoms with E-state index in [1.165, 1.54) is 6.07 Å². The SMILES string of the molecule is C#Cc1c(C(=O)O)cccc1-c1cccc2ccccc12. The van der Waals surface area contributed by atoms with E-state index in [0.717, 1.165) is 21.9 Å². The molecule has 2 heteroatoms. The highest BCUT2D eigenvalue weighted by atomic mass is 16.4. The lowest BCUT2D eigenvalue weighted by molar-refractivity contribution is 0.0696. The normalized spacial score (nSPS) is 10.2. The molecule has 0 aliphatic rings. The lowest BCUT2D eigenvalue weighted by atomic mass is 9.92. The van der Waals surface area contributed by atoms with Gasteiger partial charge in [0.2, 0.25) is 0 Å². The topological polar surface area (TPSA) is 37.3 Å². The zero-order valence-corrected chi connectivity index (χ0v) is 11.2. The van der Waals surface area contributed by atoms with E-state index < -0.39 is 5.97 Å². The fourth-order valence-electron chi connectivity index (χ4n) is 2.57. The van der Waals surface area contributed by atoms with Gasteiger partial charge in [-0.3, -0.25) is 0 Å². The molecule has 21 heavy (non-hydrogen) atoms. The molecular weight excluding hydrogens is 260 g/mol. The number of benzene rings is 3. The fourth-order valence-corrected chi connectivity index (χ4v) is 2.57. The summed E-state index contributed by atoms with van der Waals surface area (Å²) in [7, 11) is 0. The number of hydrogen-bond donors (Lipinski definition) is 1. The summed E-state index contributed by atoms with van der Waals surface area (Å²) < 4.78 is 0. The molecule has 3 rings (SSSR count). The molecule has 0 saturated carbocycles. The third kappa shape index (κ3) is 2.15. The number of carboxylic acids is 1. The molecule has 0 unspecified atom stereocenters. The quantitative estimate of drug-likeness (QED) is 0.710. The van der Waals surface area contributed by atoms with Crippen LogP contribution in [0, 0.1) is 12.3 Å². The van der Waals surface area contributed by atoms with Crippen molar-refractivity contribution >= 4 is 16.7 Å². The summed E-state index contributed by atoms with van der Waals surface area (Å²) in [6, 6.07) is 19.0. The second-order valence-electron chi connectivity index (χ2n) is 4.70. The van der Waals surface area contributed by atoms with Crippen molar-refractivity contribution in [3.05, 3.63) is 71.8 Å². The van der Waals surface area contributed by atoms with Crippen LogP contribution in [-0.4, -0.2) is 11.1 Å². The average Bonchev–Trinajstić information content (AvgIpc) is 2.53. The van der Waals surface area contributed by atoms with Gasteiger partial charge >= 0.3 is 5.97 Å². The van der Waals surface area contributed by atoms with Gasteiger partial charge in [-0.25, -0.2) is 4.79 Å². The molecule has 0 atom stereocenters. The first-order chi connectivity index (χ1) is 10.2. The van der Waals surface area contributed by atoms with Crippen molar-refractivity contribution in [2.75, 3.05) is 0 Å². The van der Waals surface area contributed by atoms with Gasteiger partial charge in [0.25, 0.3) is 0 Å². The second kappa shape index (κ2) is 5.15. The van der Waals surface area contributed by atoms with Crippen molar-refractivity contribution in [3.63, 3.8) is 0 Å². The van der Waals surface area contributed by atoms with E-state index in [0.29, 0.717) is 5.56 Å². The van der Waals surface area contributed by atoms with Crippen LogP contribution in [0.25, 0.3) is 21.9 Å². The van der Waals surface area contributed by atoms with Gasteiger partial charge in [0, 0.05) is 5.56 Å². The minimum absolute atomic E-state index is 0.155. The van der Waals surface area contributed by atoms with Gasteiger partial charge in [0.1, 0.15) is 0 Å². The van der Waals surface area contributed by atoms with Crippen LogP contribution in [0.4, 0.5) is 0 Å². The minimum Gasteiger partial charge on any atom is -0.478 e. The Balaban J connectivity index is 2.37.